The Morgan fingerprint density at radius 3 is 2.58 bits per heavy atom. The highest BCUT2D eigenvalue weighted by atomic mass is 32.2. The molecule has 0 bridgehead atoms. The highest BCUT2D eigenvalue weighted by Crippen LogP contribution is 2.22. The largest absolute Gasteiger partial charge is 0.395 e. The van der Waals surface area contributed by atoms with E-state index < -0.39 is 21.0 Å². The molecule has 0 saturated carbocycles. The molecule has 1 aromatic carbocycles. The minimum atomic E-state index is -3.87. The summed E-state index contributed by atoms with van der Waals surface area (Å²) >= 11 is 0. The molecule has 0 radical (unpaired) electrons. The first-order valence-electron chi connectivity index (χ1n) is 5.70. The Balaban J connectivity index is 3.15. The van der Waals surface area contributed by atoms with Gasteiger partial charge in [0.25, 0.3) is 5.69 Å². The molecule has 0 heterocycles. The second-order valence-electron chi connectivity index (χ2n) is 4.11. The molecule has 19 heavy (non-hydrogen) atoms. The quantitative estimate of drug-likeness (QED) is 0.598. The van der Waals surface area contributed by atoms with Crippen LogP contribution in [0.25, 0.3) is 0 Å². The van der Waals surface area contributed by atoms with Gasteiger partial charge in [-0.25, -0.2) is 13.1 Å². The van der Waals surface area contributed by atoms with Crippen molar-refractivity contribution < 1.29 is 18.4 Å². The van der Waals surface area contributed by atoms with Gasteiger partial charge in [0.1, 0.15) is 0 Å². The van der Waals surface area contributed by atoms with E-state index in [4.69, 9.17) is 5.11 Å². The van der Waals surface area contributed by atoms with Crippen LogP contribution in [0.2, 0.25) is 0 Å². The van der Waals surface area contributed by atoms with Gasteiger partial charge < -0.3 is 5.11 Å². The van der Waals surface area contributed by atoms with E-state index in [0.717, 1.165) is 6.07 Å². The predicted molar refractivity (Wildman–Crippen MR) is 69.3 cm³/mol. The number of aliphatic hydroxyl groups is 1. The maximum absolute atomic E-state index is 12.0. The van der Waals surface area contributed by atoms with E-state index in [-0.39, 0.29) is 17.2 Å². The lowest BCUT2D eigenvalue weighted by Gasteiger charge is -2.14. The minimum Gasteiger partial charge on any atom is -0.395 e. The van der Waals surface area contributed by atoms with E-state index in [1.807, 2.05) is 0 Å². The molecule has 1 aromatic rings. The molecule has 8 heteroatoms. The van der Waals surface area contributed by atoms with Crippen molar-refractivity contribution in [2.75, 3.05) is 6.61 Å². The van der Waals surface area contributed by atoms with Gasteiger partial charge in [-0.1, -0.05) is 13.0 Å². The van der Waals surface area contributed by atoms with Gasteiger partial charge in [-0.2, -0.15) is 0 Å². The second-order valence-corrected chi connectivity index (χ2v) is 5.83. The van der Waals surface area contributed by atoms with Gasteiger partial charge in [0.2, 0.25) is 10.0 Å². The molecule has 0 aliphatic rings. The molecule has 0 aliphatic heterocycles. The number of rotatable bonds is 6. The number of nitro groups is 1. The molecule has 2 N–H and O–H groups in total. The lowest BCUT2D eigenvalue weighted by Crippen LogP contribution is -2.36. The Labute approximate surface area is 111 Å². The molecule has 0 aromatic heterocycles. The van der Waals surface area contributed by atoms with E-state index in [1.54, 1.807) is 6.92 Å². The van der Waals surface area contributed by atoms with Crippen molar-refractivity contribution >= 4 is 15.7 Å². The van der Waals surface area contributed by atoms with Gasteiger partial charge in [-0.3, -0.25) is 10.1 Å². The fraction of sp³-hybridized carbons (Fsp3) is 0.455. The summed E-state index contributed by atoms with van der Waals surface area (Å²) in [5.41, 5.74) is 0.137. The summed E-state index contributed by atoms with van der Waals surface area (Å²) in [5.74, 6) is 0. The van der Waals surface area contributed by atoms with Crippen LogP contribution >= 0.6 is 0 Å². The normalized spacial score (nSPS) is 13.2. The molecule has 0 saturated heterocycles. The van der Waals surface area contributed by atoms with Gasteiger partial charge in [0.05, 0.1) is 16.4 Å². The third-order valence-electron chi connectivity index (χ3n) is 2.72. The van der Waals surface area contributed by atoms with Crippen molar-refractivity contribution in [1.82, 2.24) is 4.72 Å². The summed E-state index contributed by atoms with van der Waals surface area (Å²) in [4.78, 5) is 9.97. The van der Waals surface area contributed by atoms with Gasteiger partial charge in [0.15, 0.2) is 0 Å². The Morgan fingerprint density at radius 1 is 1.47 bits per heavy atom. The van der Waals surface area contributed by atoms with E-state index in [0.29, 0.717) is 12.0 Å². The molecule has 1 unspecified atom stereocenters. The molecule has 7 nitrogen and oxygen atoms in total. The Morgan fingerprint density at radius 2 is 2.11 bits per heavy atom. The van der Waals surface area contributed by atoms with Gasteiger partial charge in [-0.05, 0) is 19.4 Å². The fourth-order valence-corrected chi connectivity index (χ4v) is 2.82. The maximum Gasteiger partial charge on any atom is 0.273 e. The molecule has 1 rings (SSSR count). The van der Waals surface area contributed by atoms with Crippen molar-refractivity contribution in [3.63, 3.8) is 0 Å². The third kappa shape index (κ3) is 3.72. The Hall–Kier alpha value is -1.51. The zero-order valence-corrected chi connectivity index (χ0v) is 11.5. The average molecular weight is 288 g/mol. The number of hydrogen-bond donors (Lipinski definition) is 2. The maximum atomic E-state index is 12.0. The van der Waals surface area contributed by atoms with Crippen molar-refractivity contribution in [3.05, 3.63) is 33.9 Å². The number of nitrogens with zero attached hydrogens (tertiary/aromatic N) is 1. The molecule has 1 atom stereocenters. The first-order valence-corrected chi connectivity index (χ1v) is 7.18. The zero-order chi connectivity index (χ0) is 14.6. The molecule has 0 fully saturated rings. The van der Waals surface area contributed by atoms with E-state index >= 15 is 0 Å². The Bertz CT molecular complexity index is 566. The standard InChI is InChI=1S/C11H16N2O5S/c1-3-9(7-14)12-19(17,18)10-5-4-8(2)11(6-10)13(15)16/h4-6,9,12,14H,3,7H2,1-2H3. The van der Waals surface area contributed by atoms with E-state index in [9.17, 15) is 18.5 Å². The first kappa shape index (κ1) is 15.5. The summed E-state index contributed by atoms with van der Waals surface area (Å²) in [7, 11) is -3.87. The molecule has 0 amide bonds. The smallest absolute Gasteiger partial charge is 0.273 e. The number of hydrogen-bond acceptors (Lipinski definition) is 5. The summed E-state index contributed by atoms with van der Waals surface area (Å²) in [6.07, 6.45) is 0.420. The summed E-state index contributed by atoms with van der Waals surface area (Å²) in [6, 6.07) is 3.09. The zero-order valence-electron chi connectivity index (χ0n) is 10.7. The molecular weight excluding hydrogens is 272 g/mol. The number of benzene rings is 1. The number of aryl methyl sites for hydroxylation is 1. The molecule has 0 aliphatic carbocycles. The number of nitrogens with one attached hydrogen (secondary N) is 1. The average Bonchev–Trinajstić information content (AvgIpc) is 2.35. The molecule has 0 spiro atoms. The number of nitro benzene ring substituents is 1. The third-order valence-corrected chi connectivity index (χ3v) is 4.24. The van der Waals surface area contributed by atoms with Crippen molar-refractivity contribution in [2.24, 2.45) is 0 Å². The SMILES string of the molecule is CCC(CO)NS(=O)(=O)c1ccc(C)c([N+](=O)[O-])c1. The van der Waals surface area contributed by atoms with Crippen LogP contribution in [0.1, 0.15) is 18.9 Å². The van der Waals surface area contributed by atoms with Crippen LogP contribution in [0.5, 0.6) is 0 Å². The topological polar surface area (TPSA) is 110 Å². The Kier molecular flexibility index (Phi) is 4.98. The predicted octanol–water partition coefficient (Wildman–Crippen LogP) is 0.952. The minimum absolute atomic E-state index is 0.184. The fourth-order valence-electron chi connectivity index (χ4n) is 1.49. The summed E-state index contributed by atoms with van der Waals surface area (Å²) < 4.78 is 26.3. The van der Waals surface area contributed by atoms with Crippen molar-refractivity contribution in [1.29, 1.82) is 0 Å². The monoisotopic (exact) mass is 288 g/mol. The molecule has 106 valence electrons. The lowest BCUT2D eigenvalue weighted by molar-refractivity contribution is -0.385. The van der Waals surface area contributed by atoms with Crippen LogP contribution in [0, 0.1) is 17.0 Å². The van der Waals surface area contributed by atoms with Crippen LogP contribution in [0.3, 0.4) is 0 Å². The summed E-state index contributed by atoms with van der Waals surface area (Å²) in [5, 5.41) is 19.8. The van der Waals surface area contributed by atoms with E-state index in [1.165, 1.54) is 19.1 Å². The number of aliphatic hydroxyl groups excluding tert-OH is 1. The van der Waals surface area contributed by atoms with Gasteiger partial charge in [0, 0.05) is 17.7 Å². The second kappa shape index (κ2) is 6.09. The van der Waals surface area contributed by atoms with Crippen molar-refractivity contribution in [3.8, 4) is 0 Å². The first-order chi connectivity index (χ1) is 8.81. The van der Waals surface area contributed by atoms with Gasteiger partial charge >= 0.3 is 0 Å². The highest BCUT2D eigenvalue weighted by molar-refractivity contribution is 7.89. The van der Waals surface area contributed by atoms with Gasteiger partial charge in [-0.15, -0.1) is 0 Å². The van der Waals surface area contributed by atoms with Crippen LogP contribution < -0.4 is 4.72 Å². The lowest BCUT2D eigenvalue weighted by atomic mass is 10.2. The van der Waals surface area contributed by atoms with Crippen LogP contribution in [0.15, 0.2) is 23.1 Å². The molecular formula is C11H16N2O5S. The van der Waals surface area contributed by atoms with Crippen molar-refractivity contribution in [2.45, 2.75) is 31.2 Å². The van der Waals surface area contributed by atoms with E-state index in [2.05, 4.69) is 4.72 Å². The van der Waals surface area contributed by atoms with Crippen LogP contribution in [-0.2, 0) is 10.0 Å². The van der Waals surface area contributed by atoms with Crippen LogP contribution in [0.4, 0.5) is 5.69 Å². The summed E-state index contributed by atoms with van der Waals surface area (Å²) in [6.45, 7) is 2.93. The number of sulfonamides is 1. The van der Waals surface area contributed by atoms with Crippen LogP contribution in [-0.4, -0.2) is 31.1 Å². The highest BCUT2D eigenvalue weighted by Gasteiger charge is 2.22.